The summed E-state index contributed by atoms with van der Waals surface area (Å²) < 4.78 is 5.04. The lowest BCUT2D eigenvalue weighted by Gasteiger charge is -2.11. The van der Waals surface area contributed by atoms with Crippen LogP contribution in [0.2, 0.25) is 0 Å². The Kier molecular flexibility index (Phi) is 6.78. The molecule has 0 fully saturated rings. The highest BCUT2D eigenvalue weighted by Gasteiger charge is 2.19. The molecule has 0 unspecified atom stereocenters. The molecule has 10 heteroatoms. The maximum absolute atomic E-state index is 12.1. The molecule has 3 N–H and O–H groups in total. The van der Waals surface area contributed by atoms with Gasteiger partial charge in [0.2, 0.25) is 5.91 Å². The maximum atomic E-state index is 12.1. The van der Waals surface area contributed by atoms with Gasteiger partial charge in [0, 0.05) is 6.07 Å². The molecule has 0 aromatic heterocycles. The number of methoxy groups -OCH3 is 1. The number of hydrogen-bond acceptors (Lipinski definition) is 6. The van der Waals surface area contributed by atoms with Crippen LogP contribution in [0.15, 0.2) is 48.5 Å². The first-order chi connectivity index (χ1) is 12.9. The summed E-state index contributed by atoms with van der Waals surface area (Å²) in [4.78, 5) is 34.3. The van der Waals surface area contributed by atoms with E-state index in [1.165, 1.54) is 24.3 Å². The smallest absolute Gasteiger partial charge is 0.282 e. The van der Waals surface area contributed by atoms with E-state index >= 15 is 0 Å². The van der Waals surface area contributed by atoms with E-state index in [0.717, 1.165) is 5.56 Å². The predicted octanol–water partition coefficient (Wildman–Crippen LogP) is 1.48. The van der Waals surface area contributed by atoms with E-state index in [4.69, 9.17) is 17.0 Å². The average Bonchev–Trinajstić information content (AvgIpc) is 2.67. The zero-order valence-electron chi connectivity index (χ0n) is 14.2. The number of thiocarbonyl (C=S) groups is 1. The number of amides is 2. The van der Waals surface area contributed by atoms with Crippen molar-refractivity contribution >= 4 is 34.8 Å². The van der Waals surface area contributed by atoms with Crippen LogP contribution in [0.5, 0.6) is 5.75 Å². The monoisotopic (exact) mass is 388 g/mol. The van der Waals surface area contributed by atoms with Crippen LogP contribution in [0.4, 0.5) is 5.69 Å². The van der Waals surface area contributed by atoms with Crippen LogP contribution in [0, 0.1) is 10.1 Å². The van der Waals surface area contributed by atoms with Gasteiger partial charge in [0.05, 0.1) is 18.5 Å². The van der Waals surface area contributed by atoms with Gasteiger partial charge in [0.1, 0.15) is 11.3 Å². The van der Waals surface area contributed by atoms with Crippen LogP contribution < -0.4 is 20.9 Å². The van der Waals surface area contributed by atoms with E-state index in [0.29, 0.717) is 5.75 Å². The molecule has 0 radical (unpaired) electrons. The number of nitro groups is 1. The first-order valence-electron chi connectivity index (χ1n) is 7.67. The summed E-state index contributed by atoms with van der Waals surface area (Å²) in [6.07, 6.45) is 0.0811. The molecule has 2 rings (SSSR count). The fourth-order valence-corrected chi connectivity index (χ4v) is 2.27. The lowest BCUT2D eigenvalue weighted by Crippen LogP contribution is -2.48. The van der Waals surface area contributed by atoms with Crippen LogP contribution in [-0.2, 0) is 11.2 Å². The van der Waals surface area contributed by atoms with Gasteiger partial charge in [-0.05, 0) is 36.0 Å². The highest BCUT2D eigenvalue weighted by Crippen LogP contribution is 2.17. The lowest BCUT2D eigenvalue weighted by molar-refractivity contribution is -0.385. The standard InChI is InChI=1S/C17H16N4O5S/c1-26-12-8-6-11(7-9-12)10-15(22)19-20-17(27)18-16(23)13-4-2-3-5-14(13)21(24)25/h2-9H,10H2,1H3,(H,19,22)(H2,18,20,23,27). The van der Waals surface area contributed by atoms with Gasteiger partial charge in [-0.2, -0.15) is 0 Å². The SMILES string of the molecule is COc1ccc(CC(=O)NNC(=S)NC(=O)c2ccccc2[N+](=O)[O-])cc1. The summed E-state index contributed by atoms with van der Waals surface area (Å²) >= 11 is 4.91. The highest BCUT2D eigenvalue weighted by molar-refractivity contribution is 7.80. The summed E-state index contributed by atoms with van der Waals surface area (Å²) in [5.41, 5.74) is 4.99. The second kappa shape index (κ2) is 9.25. The fraction of sp³-hybridized carbons (Fsp3) is 0.118. The Balaban J connectivity index is 1.85. The number of ether oxygens (including phenoxy) is 1. The highest BCUT2D eigenvalue weighted by atomic mass is 32.1. The number of nitrogens with one attached hydrogen (secondary N) is 3. The van der Waals surface area contributed by atoms with Gasteiger partial charge < -0.3 is 4.74 Å². The number of nitro benzene ring substituents is 1. The summed E-state index contributed by atoms with van der Waals surface area (Å²) in [5.74, 6) is -0.470. The Morgan fingerprint density at radius 3 is 2.41 bits per heavy atom. The molecule has 0 atom stereocenters. The van der Waals surface area contributed by atoms with Crippen molar-refractivity contribution in [3.63, 3.8) is 0 Å². The normalized spacial score (nSPS) is 9.81. The molecule has 27 heavy (non-hydrogen) atoms. The van der Waals surface area contributed by atoms with E-state index in [9.17, 15) is 19.7 Å². The molecular weight excluding hydrogens is 372 g/mol. The zero-order chi connectivity index (χ0) is 19.8. The fourth-order valence-electron chi connectivity index (χ4n) is 2.13. The molecule has 0 aliphatic heterocycles. The van der Waals surface area contributed by atoms with E-state index in [2.05, 4.69) is 16.2 Å². The molecule has 2 amide bonds. The number of benzene rings is 2. The van der Waals surface area contributed by atoms with Gasteiger partial charge in [-0.3, -0.25) is 35.9 Å². The first-order valence-corrected chi connectivity index (χ1v) is 8.08. The molecule has 0 bridgehead atoms. The number of carbonyl (C=O) groups excluding carboxylic acids is 2. The number of hydrazine groups is 1. The van der Waals surface area contributed by atoms with Crippen molar-refractivity contribution in [2.75, 3.05) is 7.11 Å². The number of rotatable bonds is 5. The van der Waals surface area contributed by atoms with E-state index < -0.39 is 10.8 Å². The minimum Gasteiger partial charge on any atom is -0.497 e. The number of carbonyl (C=O) groups is 2. The third-order valence-electron chi connectivity index (χ3n) is 3.41. The van der Waals surface area contributed by atoms with Crippen molar-refractivity contribution < 1.29 is 19.2 Å². The van der Waals surface area contributed by atoms with Gasteiger partial charge >= 0.3 is 0 Å². The Labute approximate surface area is 159 Å². The number of para-hydroxylation sites is 1. The van der Waals surface area contributed by atoms with E-state index in [-0.39, 0.29) is 28.7 Å². The summed E-state index contributed by atoms with van der Waals surface area (Å²) in [7, 11) is 1.55. The zero-order valence-corrected chi connectivity index (χ0v) is 15.0. The number of hydrogen-bond donors (Lipinski definition) is 3. The first kappa shape index (κ1) is 19.8. The molecule has 0 saturated heterocycles. The van der Waals surface area contributed by atoms with Gasteiger partial charge in [0.15, 0.2) is 5.11 Å². The second-order valence-electron chi connectivity index (χ2n) is 5.26. The third-order valence-corrected chi connectivity index (χ3v) is 3.62. The van der Waals surface area contributed by atoms with Crippen molar-refractivity contribution in [3.8, 4) is 5.75 Å². The topological polar surface area (TPSA) is 123 Å². The largest absolute Gasteiger partial charge is 0.497 e. The van der Waals surface area contributed by atoms with Gasteiger partial charge in [-0.15, -0.1) is 0 Å². The second-order valence-corrected chi connectivity index (χ2v) is 5.66. The predicted molar refractivity (Wildman–Crippen MR) is 101 cm³/mol. The molecule has 0 saturated carbocycles. The van der Waals surface area contributed by atoms with Crippen LogP contribution in [0.1, 0.15) is 15.9 Å². The van der Waals surface area contributed by atoms with Crippen molar-refractivity contribution in [2.24, 2.45) is 0 Å². The molecule has 0 aliphatic rings. The molecule has 2 aromatic rings. The van der Waals surface area contributed by atoms with Gasteiger partial charge in [-0.1, -0.05) is 24.3 Å². The Morgan fingerprint density at radius 1 is 1.11 bits per heavy atom. The third kappa shape index (κ3) is 5.75. The van der Waals surface area contributed by atoms with E-state index in [1.54, 1.807) is 31.4 Å². The Hall–Kier alpha value is -3.53. The van der Waals surface area contributed by atoms with Crippen LogP contribution >= 0.6 is 12.2 Å². The molecule has 9 nitrogen and oxygen atoms in total. The van der Waals surface area contributed by atoms with Crippen molar-refractivity contribution in [1.29, 1.82) is 0 Å². The van der Waals surface area contributed by atoms with Crippen molar-refractivity contribution in [2.45, 2.75) is 6.42 Å². The van der Waals surface area contributed by atoms with Gasteiger partial charge in [-0.25, -0.2) is 0 Å². The molecule has 2 aromatic carbocycles. The molecule has 0 spiro atoms. The number of nitrogens with zero attached hydrogens (tertiary/aromatic N) is 1. The summed E-state index contributed by atoms with van der Waals surface area (Å²) in [6.45, 7) is 0. The van der Waals surface area contributed by atoms with Crippen LogP contribution in [0.3, 0.4) is 0 Å². The molecule has 140 valence electrons. The van der Waals surface area contributed by atoms with E-state index in [1.807, 2.05) is 0 Å². The van der Waals surface area contributed by atoms with Crippen molar-refractivity contribution in [3.05, 3.63) is 69.8 Å². The van der Waals surface area contributed by atoms with Crippen LogP contribution in [-0.4, -0.2) is 29.0 Å². The molecule has 0 heterocycles. The molecule has 0 aliphatic carbocycles. The minimum atomic E-state index is -0.760. The maximum Gasteiger partial charge on any atom is 0.282 e. The quantitative estimate of drug-likeness (QED) is 0.403. The molecular formula is C17H16N4O5S. The van der Waals surface area contributed by atoms with Gasteiger partial charge in [0.25, 0.3) is 11.6 Å². The lowest BCUT2D eigenvalue weighted by atomic mass is 10.1. The Morgan fingerprint density at radius 2 is 1.78 bits per heavy atom. The summed E-state index contributed by atoms with van der Waals surface area (Å²) in [5, 5.41) is 13.0. The summed E-state index contributed by atoms with van der Waals surface area (Å²) in [6, 6.07) is 12.4. The Bertz CT molecular complexity index is 870. The average molecular weight is 388 g/mol. The van der Waals surface area contributed by atoms with Crippen molar-refractivity contribution in [1.82, 2.24) is 16.2 Å². The minimum absolute atomic E-state index is 0.0811. The van der Waals surface area contributed by atoms with Crippen LogP contribution in [0.25, 0.3) is 0 Å².